The van der Waals surface area contributed by atoms with Crippen LogP contribution in [-0.2, 0) is 6.42 Å². The van der Waals surface area contributed by atoms with E-state index in [1.54, 1.807) is 18.2 Å². The number of hydrogen-bond acceptors (Lipinski definition) is 2. The first kappa shape index (κ1) is 13.8. The standard InChI is InChI=1S/C16H18ClNO/c1-2-3-4-12-5-8-14(9-6-12)19-16-10-7-13(18)11-15(16)17/h5-11H,2-4,18H2,1H3. The van der Waals surface area contributed by atoms with Gasteiger partial charge in [0.2, 0.25) is 0 Å². The van der Waals surface area contributed by atoms with E-state index >= 15 is 0 Å². The third-order valence-electron chi connectivity index (χ3n) is 2.93. The van der Waals surface area contributed by atoms with Gasteiger partial charge >= 0.3 is 0 Å². The molecule has 0 bridgehead atoms. The van der Waals surface area contributed by atoms with Gasteiger partial charge in [-0.3, -0.25) is 0 Å². The molecule has 0 saturated heterocycles. The molecule has 0 unspecified atom stereocenters. The van der Waals surface area contributed by atoms with Crippen molar-refractivity contribution in [3.05, 3.63) is 53.1 Å². The Balaban J connectivity index is 2.06. The van der Waals surface area contributed by atoms with Crippen molar-refractivity contribution in [2.75, 3.05) is 5.73 Å². The van der Waals surface area contributed by atoms with Crippen LogP contribution in [0.25, 0.3) is 0 Å². The lowest BCUT2D eigenvalue weighted by atomic mass is 10.1. The SMILES string of the molecule is CCCCc1ccc(Oc2ccc(N)cc2Cl)cc1. The maximum atomic E-state index is 6.07. The molecule has 3 heteroatoms. The third-order valence-corrected chi connectivity index (χ3v) is 3.22. The van der Waals surface area contributed by atoms with Gasteiger partial charge in [0.1, 0.15) is 11.5 Å². The van der Waals surface area contributed by atoms with Gasteiger partial charge < -0.3 is 10.5 Å². The van der Waals surface area contributed by atoms with Crippen LogP contribution < -0.4 is 10.5 Å². The van der Waals surface area contributed by atoms with Crippen LogP contribution in [0, 0.1) is 0 Å². The highest BCUT2D eigenvalue weighted by molar-refractivity contribution is 6.32. The van der Waals surface area contributed by atoms with E-state index in [9.17, 15) is 0 Å². The second-order valence-corrected chi connectivity index (χ2v) is 4.95. The van der Waals surface area contributed by atoms with Gasteiger partial charge in [0.15, 0.2) is 0 Å². The monoisotopic (exact) mass is 275 g/mol. The van der Waals surface area contributed by atoms with Crippen molar-refractivity contribution in [1.29, 1.82) is 0 Å². The number of ether oxygens (including phenoxy) is 1. The first-order valence-corrected chi connectivity index (χ1v) is 6.88. The predicted molar refractivity (Wildman–Crippen MR) is 81.0 cm³/mol. The minimum Gasteiger partial charge on any atom is -0.456 e. The minimum atomic E-state index is 0.523. The summed E-state index contributed by atoms with van der Waals surface area (Å²) < 4.78 is 5.74. The van der Waals surface area contributed by atoms with Gasteiger partial charge in [0, 0.05) is 5.69 Å². The number of unbranched alkanes of at least 4 members (excludes halogenated alkanes) is 1. The number of halogens is 1. The van der Waals surface area contributed by atoms with E-state index in [1.165, 1.54) is 18.4 Å². The molecule has 2 nitrogen and oxygen atoms in total. The molecule has 0 amide bonds. The minimum absolute atomic E-state index is 0.523. The molecule has 0 aliphatic heterocycles. The van der Waals surface area contributed by atoms with E-state index in [4.69, 9.17) is 22.1 Å². The number of benzene rings is 2. The Hall–Kier alpha value is -1.67. The fourth-order valence-electron chi connectivity index (χ4n) is 1.83. The zero-order valence-corrected chi connectivity index (χ0v) is 11.8. The van der Waals surface area contributed by atoms with Crippen LogP contribution in [0.15, 0.2) is 42.5 Å². The molecule has 0 aliphatic rings. The largest absolute Gasteiger partial charge is 0.456 e. The molecule has 2 aromatic rings. The molecule has 0 aliphatic carbocycles. The third kappa shape index (κ3) is 3.90. The van der Waals surface area contributed by atoms with Gasteiger partial charge in [-0.05, 0) is 48.7 Å². The predicted octanol–water partition coefficient (Wildman–Crippen LogP) is 5.06. The molecular formula is C16H18ClNO. The molecule has 0 spiro atoms. The molecule has 2 aromatic carbocycles. The summed E-state index contributed by atoms with van der Waals surface area (Å²) in [5.74, 6) is 1.41. The van der Waals surface area contributed by atoms with Crippen LogP contribution in [0.4, 0.5) is 5.69 Å². The zero-order valence-electron chi connectivity index (χ0n) is 11.0. The highest BCUT2D eigenvalue weighted by Gasteiger charge is 2.03. The smallest absolute Gasteiger partial charge is 0.146 e. The van der Waals surface area contributed by atoms with Crippen LogP contribution >= 0.6 is 11.6 Å². The Bertz CT molecular complexity index is 537. The van der Waals surface area contributed by atoms with Gasteiger partial charge in [-0.15, -0.1) is 0 Å². The molecule has 19 heavy (non-hydrogen) atoms. The Morgan fingerprint density at radius 2 is 1.84 bits per heavy atom. The van der Waals surface area contributed by atoms with Crippen molar-refractivity contribution in [2.24, 2.45) is 0 Å². The molecule has 2 rings (SSSR count). The molecule has 0 aromatic heterocycles. The van der Waals surface area contributed by atoms with E-state index in [-0.39, 0.29) is 0 Å². The summed E-state index contributed by atoms with van der Waals surface area (Å²) in [6, 6.07) is 13.4. The molecule has 0 heterocycles. The second kappa shape index (κ2) is 6.48. The molecule has 2 N–H and O–H groups in total. The average molecular weight is 276 g/mol. The summed E-state index contributed by atoms with van der Waals surface area (Å²) in [6.45, 7) is 2.20. The Kier molecular flexibility index (Phi) is 4.69. The first-order valence-electron chi connectivity index (χ1n) is 6.51. The highest BCUT2D eigenvalue weighted by Crippen LogP contribution is 2.30. The van der Waals surface area contributed by atoms with Crippen LogP contribution in [0.1, 0.15) is 25.3 Å². The molecule has 100 valence electrons. The van der Waals surface area contributed by atoms with E-state index < -0.39 is 0 Å². The van der Waals surface area contributed by atoms with Gasteiger partial charge in [0.05, 0.1) is 5.02 Å². The van der Waals surface area contributed by atoms with Crippen molar-refractivity contribution in [1.82, 2.24) is 0 Å². The van der Waals surface area contributed by atoms with E-state index in [2.05, 4.69) is 19.1 Å². The Labute approximate surface area is 119 Å². The maximum Gasteiger partial charge on any atom is 0.146 e. The highest BCUT2D eigenvalue weighted by atomic mass is 35.5. The fourth-order valence-corrected chi connectivity index (χ4v) is 2.06. The van der Waals surface area contributed by atoms with Crippen LogP contribution in [0.2, 0.25) is 5.02 Å². The van der Waals surface area contributed by atoms with E-state index in [0.29, 0.717) is 16.5 Å². The lowest BCUT2D eigenvalue weighted by molar-refractivity contribution is 0.483. The van der Waals surface area contributed by atoms with Crippen molar-refractivity contribution in [3.63, 3.8) is 0 Å². The molecular weight excluding hydrogens is 258 g/mol. The van der Waals surface area contributed by atoms with Gasteiger partial charge in [-0.25, -0.2) is 0 Å². The Morgan fingerprint density at radius 1 is 1.11 bits per heavy atom. The average Bonchev–Trinajstić information content (AvgIpc) is 2.41. The molecule has 0 radical (unpaired) electrons. The van der Waals surface area contributed by atoms with Crippen molar-refractivity contribution < 1.29 is 4.74 Å². The number of nitrogen functional groups attached to an aromatic ring is 1. The lowest BCUT2D eigenvalue weighted by Gasteiger charge is -2.09. The van der Waals surface area contributed by atoms with Gasteiger partial charge in [-0.2, -0.15) is 0 Å². The maximum absolute atomic E-state index is 6.07. The van der Waals surface area contributed by atoms with E-state index in [0.717, 1.165) is 12.2 Å². The summed E-state index contributed by atoms with van der Waals surface area (Å²) in [5.41, 5.74) is 7.61. The quantitative estimate of drug-likeness (QED) is 0.774. The second-order valence-electron chi connectivity index (χ2n) is 4.54. The summed E-state index contributed by atoms with van der Waals surface area (Å²) in [5, 5.41) is 0.523. The summed E-state index contributed by atoms with van der Waals surface area (Å²) in [6.07, 6.45) is 3.53. The Morgan fingerprint density at radius 3 is 2.47 bits per heavy atom. The lowest BCUT2D eigenvalue weighted by Crippen LogP contribution is -1.89. The fraction of sp³-hybridized carbons (Fsp3) is 0.250. The normalized spacial score (nSPS) is 10.4. The van der Waals surface area contributed by atoms with Gasteiger partial charge in [0.25, 0.3) is 0 Å². The van der Waals surface area contributed by atoms with Crippen LogP contribution in [0.5, 0.6) is 11.5 Å². The molecule has 0 atom stereocenters. The molecule has 0 fully saturated rings. The number of anilines is 1. The summed E-state index contributed by atoms with van der Waals surface area (Å²) >= 11 is 6.07. The summed E-state index contributed by atoms with van der Waals surface area (Å²) in [7, 11) is 0. The number of rotatable bonds is 5. The van der Waals surface area contributed by atoms with Crippen molar-refractivity contribution >= 4 is 17.3 Å². The van der Waals surface area contributed by atoms with Crippen LogP contribution in [0.3, 0.4) is 0 Å². The number of aryl methyl sites for hydroxylation is 1. The van der Waals surface area contributed by atoms with Crippen molar-refractivity contribution in [3.8, 4) is 11.5 Å². The number of nitrogens with two attached hydrogens (primary N) is 1. The van der Waals surface area contributed by atoms with E-state index in [1.807, 2.05) is 12.1 Å². The zero-order chi connectivity index (χ0) is 13.7. The summed E-state index contributed by atoms with van der Waals surface area (Å²) in [4.78, 5) is 0. The first-order chi connectivity index (χ1) is 9.19. The number of hydrogen-bond donors (Lipinski definition) is 1. The van der Waals surface area contributed by atoms with Crippen molar-refractivity contribution in [2.45, 2.75) is 26.2 Å². The van der Waals surface area contributed by atoms with Gasteiger partial charge in [-0.1, -0.05) is 37.1 Å². The topological polar surface area (TPSA) is 35.2 Å². The van der Waals surface area contributed by atoms with Crippen LogP contribution in [-0.4, -0.2) is 0 Å². The molecule has 0 saturated carbocycles.